The molecular formula is C13H18N2O2. The topological polar surface area (TPSA) is 50.4 Å². The average molecular weight is 234 g/mol. The van der Waals surface area contributed by atoms with Crippen LogP contribution < -0.4 is 15.4 Å². The van der Waals surface area contributed by atoms with Crippen LogP contribution in [0.25, 0.3) is 0 Å². The first-order chi connectivity index (χ1) is 8.25. The zero-order chi connectivity index (χ0) is 12.1. The summed E-state index contributed by atoms with van der Waals surface area (Å²) in [7, 11) is 0. The molecule has 0 radical (unpaired) electrons. The van der Waals surface area contributed by atoms with Gasteiger partial charge >= 0.3 is 0 Å². The van der Waals surface area contributed by atoms with E-state index in [1.807, 2.05) is 30.3 Å². The summed E-state index contributed by atoms with van der Waals surface area (Å²) in [6, 6.07) is 9.39. The van der Waals surface area contributed by atoms with Gasteiger partial charge in [0.15, 0.2) is 6.10 Å². The van der Waals surface area contributed by atoms with Crippen LogP contribution in [0.4, 0.5) is 0 Å². The van der Waals surface area contributed by atoms with Gasteiger partial charge in [-0.2, -0.15) is 0 Å². The predicted octanol–water partition coefficient (Wildman–Crippen LogP) is 0.789. The maximum Gasteiger partial charge on any atom is 0.260 e. The molecule has 2 N–H and O–H groups in total. The highest BCUT2D eigenvalue weighted by molar-refractivity contribution is 5.80. The van der Waals surface area contributed by atoms with Gasteiger partial charge in [0.2, 0.25) is 0 Å². The molecule has 1 aliphatic heterocycles. The Balaban J connectivity index is 1.74. The molecular weight excluding hydrogens is 216 g/mol. The minimum absolute atomic E-state index is 0.0549. The Bertz CT molecular complexity index is 363. The Kier molecular flexibility index (Phi) is 3.98. The Hall–Kier alpha value is -1.55. The monoisotopic (exact) mass is 234 g/mol. The summed E-state index contributed by atoms with van der Waals surface area (Å²) in [5, 5.41) is 6.07. The van der Waals surface area contributed by atoms with Crippen molar-refractivity contribution in [2.24, 2.45) is 5.92 Å². The van der Waals surface area contributed by atoms with E-state index >= 15 is 0 Å². The largest absolute Gasteiger partial charge is 0.481 e. The molecule has 4 heteroatoms. The van der Waals surface area contributed by atoms with Gasteiger partial charge in [0.05, 0.1) is 0 Å². The van der Waals surface area contributed by atoms with Crippen LogP contribution in [0.3, 0.4) is 0 Å². The molecule has 1 fully saturated rings. The molecule has 1 atom stereocenters. The first-order valence-electron chi connectivity index (χ1n) is 5.96. The summed E-state index contributed by atoms with van der Waals surface area (Å²) in [5.41, 5.74) is 0. The van der Waals surface area contributed by atoms with Gasteiger partial charge < -0.3 is 15.4 Å². The molecule has 1 heterocycles. The highest BCUT2D eigenvalue weighted by Crippen LogP contribution is 2.10. The van der Waals surface area contributed by atoms with E-state index in [4.69, 9.17) is 4.74 Å². The molecule has 1 aromatic carbocycles. The van der Waals surface area contributed by atoms with Crippen LogP contribution in [0.15, 0.2) is 30.3 Å². The number of benzene rings is 1. The summed E-state index contributed by atoms with van der Waals surface area (Å²) >= 11 is 0. The maximum absolute atomic E-state index is 11.7. The van der Waals surface area contributed by atoms with Crippen LogP contribution >= 0.6 is 0 Å². The molecule has 92 valence electrons. The highest BCUT2D eigenvalue weighted by Gasteiger charge is 2.20. The number of nitrogens with one attached hydrogen (secondary N) is 2. The van der Waals surface area contributed by atoms with E-state index in [9.17, 15) is 4.79 Å². The first-order valence-corrected chi connectivity index (χ1v) is 5.96. The van der Waals surface area contributed by atoms with Crippen molar-refractivity contribution in [2.45, 2.75) is 13.0 Å². The van der Waals surface area contributed by atoms with Crippen LogP contribution in [-0.4, -0.2) is 31.6 Å². The van der Waals surface area contributed by atoms with E-state index < -0.39 is 6.10 Å². The van der Waals surface area contributed by atoms with Crippen molar-refractivity contribution in [3.63, 3.8) is 0 Å². The Morgan fingerprint density at radius 3 is 2.76 bits per heavy atom. The summed E-state index contributed by atoms with van der Waals surface area (Å²) < 4.78 is 5.53. The van der Waals surface area contributed by atoms with E-state index in [0.29, 0.717) is 5.92 Å². The third-order valence-corrected chi connectivity index (χ3v) is 2.86. The fourth-order valence-corrected chi connectivity index (χ4v) is 1.64. The average Bonchev–Trinajstić information content (AvgIpc) is 2.28. The van der Waals surface area contributed by atoms with Gasteiger partial charge in [-0.05, 0) is 19.1 Å². The Morgan fingerprint density at radius 1 is 1.47 bits per heavy atom. The SMILES string of the molecule is CC(Oc1ccccc1)C(=O)NCC1CNC1. The molecule has 0 bridgehead atoms. The number of carbonyl (C=O) groups is 1. The van der Waals surface area contributed by atoms with E-state index in [1.165, 1.54) is 0 Å². The zero-order valence-electron chi connectivity index (χ0n) is 9.98. The predicted molar refractivity (Wildman–Crippen MR) is 65.9 cm³/mol. The van der Waals surface area contributed by atoms with Gasteiger partial charge in [-0.15, -0.1) is 0 Å². The molecule has 0 saturated carbocycles. The smallest absolute Gasteiger partial charge is 0.260 e. The lowest BCUT2D eigenvalue weighted by Crippen LogP contribution is -2.49. The molecule has 2 rings (SSSR count). The zero-order valence-corrected chi connectivity index (χ0v) is 9.98. The molecule has 0 spiro atoms. The van der Waals surface area contributed by atoms with Gasteiger partial charge in [-0.25, -0.2) is 0 Å². The van der Waals surface area contributed by atoms with Gasteiger partial charge in [0, 0.05) is 25.6 Å². The Labute approximate surface area is 101 Å². The van der Waals surface area contributed by atoms with E-state index in [1.54, 1.807) is 6.92 Å². The van der Waals surface area contributed by atoms with Crippen molar-refractivity contribution < 1.29 is 9.53 Å². The van der Waals surface area contributed by atoms with Crippen molar-refractivity contribution >= 4 is 5.91 Å². The first kappa shape index (κ1) is 11.9. The quantitative estimate of drug-likeness (QED) is 0.792. The Morgan fingerprint density at radius 2 is 2.18 bits per heavy atom. The fraction of sp³-hybridized carbons (Fsp3) is 0.462. The molecule has 4 nitrogen and oxygen atoms in total. The number of ether oxygens (including phenoxy) is 1. The summed E-state index contributed by atoms with van der Waals surface area (Å²) in [5.74, 6) is 1.24. The number of hydrogen-bond acceptors (Lipinski definition) is 3. The molecule has 0 aromatic heterocycles. The number of amides is 1. The van der Waals surface area contributed by atoms with Gasteiger partial charge in [0.1, 0.15) is 5.75 Å². The second-order valence-corrected chi connectivity index (χ2v) is 4.34. The molecule has 17 heavy (non-hydrogen) atoms. The second-order valence-electron chi connectivity index (χ2n) is 4.34. The number of carbonyl (C=O) groups excluding carboxylic acids is 1. The molecule has 1 unspecified atom stereocenters. The minimum atomic E-state index is -0.453. The maximum atomic E-state index is 11.7. The minimum Gasteiger partial charge on any atom is -0.481 e. The van der Waals surface area contributed by atoms with Crippen molar-refractivity contribution in [1.82, 2.24) is 10.6 Å². The van der Waals surface area contributed by atoms with Crippen LogP contribution in [0.2, 0.25) is 0 Å². The molecule has 1 amide bonds. The summed E-state index contributed by atoms with van der Waals surface area (Å²) in [6.45, 7) is 4.48. The highest BCUT2D eigenvalue weighted by atomic mass is 16.5. The van der Waals surface area contributed by atoms with E-state index in [2.05, 4.69) is 10.6 Å². The van der Waals surface area contributed by atoms with Crippen molar-refractivity contribution in [3.05, 3.63) is 30.3 Å². The third-order valence-electron chi connectivity index (χ3n) is 2.86. The van der Waals surface area contributed by atoms with E-state index in [-0.39, 0.29) is 5.91 Å². The number of para-hydroxylation sites is 1. The molecule has 0 aliphatic carbocycles. The lowest BCUT2D eigenvalue weighted by molar-refractivity contribution is -0.127. The van der Waals surface area contributed by atoms with Crippen LogP contribution in [-0.2, 0) is 4.79 Å². The lowest BCUT2D eigenvalue weighted by atomic mass is 10.0. The van der Waals surface area contributed by atoms with E-state index in [0.717, 1.165) is 25.4 Å². The van der Waals surface area contributed by atoms with Gasteiger partial charge in [-0.3, -0.25) is 4.79 Å². The molecule has 1 aliphatic rings. The van der Waals surface area contributed by atoms with Gasteiger partial charge in [0.25, 0.3) is 5.91 Å². The standard InChI is InChI=1S/C13H18N2O2/c1-10(17-12-5-3-2-4-6-12)13(16)15-9-11-7-14-8-11/h2-6,10-11,14H,7-9H2,1H3,(H,15,16). The molecule has 1 saturated heterocycles. The van der Waals surface area contributed by atoms with Crippen molar-refractivity contribution in [2.75, 3.05) is 19.6 Å². The van der Waals surface area contributed by atoms with Crippen molar-refractivity contribution in [3.8, 4) is 5.75 Å². The lowest BCUT2D eigenvalue weighted by Gasteiger charge is -2.27. The van der Waals surface area contributed by atoms with Crippen LogP contribution in [0.1, 0.15) is 6.92 Å². The van der Waals surface area contributed by atoms with Gasteiger partial charge in [-0.1, -0.05) is 18.2 Å². The number of rotatable bonds is 5. The third kappa shape index (κ3) is 3.46. The molecule has 1 aromatic rings. The number of hydrogen-bond donors (Lipinski definition) is 2. The summed E-state index contributed by atoms with van der Waals surface area (Å²) in [4.78, 5) is 11.7. The van der Waals surface area contributed by atoms with Crippen LogP contribution in [0, 0.1) is 5.92 Å². The van der Waals surface area contributed by atoms with Crippen LogP contribution in [0.5, 0.6) is 5.75 Å². The van der Waals surface area contributed by atoms with Crippen molar-refractivity contribution in [1.29, 1.82) is 0 Å². The summed E-state index contributed by atoms with van der Waals surface area (Å²) in [6.07, 6.45) is -0.453. The fourth-order valence-electron chi connectivity index (χ4n) is 1.64. The second kappa shape index (κ2) is 5.68. The normalized spacial score (nSPS) is 17.0.